The molecule has 1 aliphatic rings. The van der Waals surface area contributed by atoms with Crippen molar-refractivity contribution in [1.82, 2.24) is 9.62 Å². The van der Waals surface area contributed by atoms with Gasteiger partial charge in [-0.25, -0.2) is 17.9 Å². The maximum atomic E-state index is 12.7. The van der Waals surface area contributed by atoms with Gasteiger partial charge in [0.15, 0.2) is 5.78 Å². The van der Waals surface area contributed by atoms with Gasteiger partial charge < -0.3 is 10.2 Å². The van der Waals surface area contributed by atoms with Crippen LogP contribution < -0.4 is 10.0 Å². The average Bonchev–Trinajstić information content (AvgIpc) is 2.67. The highest BCUT2D eigenvalue weighted by Crippen LogP contribution is 2.30. The van der Waals surface area contributed by atoms with E-state index in [9.17, 15) is 31.2 Å². The maximum absolute atomic E-state index is 12.7. The van der Waals surface area contributed by atoms with Gasteiger partial charge in [0.05, 0.1) is 5.56 Å². The summed E-state index contributed by atoms with van der Waals surface area (Å²) in [7, 11) is -3.79. The lowest BCUT2D eigenvalue weighted by atomic mass is 9.92. The molecule has 0 aliphatic carbocycles. The van der Waals surface area contributed by atoms with Crippen LogP contribution in [0.15, 0.2) is 24.3 Å². The van der Waals surface area contributed by atoms with Crippen molar-refractivity contribution >= 4 is 27.5 Å². The van der Waals surface area contributed by atoms with E-state index in [-0.39, 0.29) is 29.9 Å². The Labute approximate surface area is 180 Å². The van der Waals surface area contributed by atoms with Crippen molar-refractivity contribution in [2.75, 3.05) is 24.2 Å². The number of nitrogens with one attached hydrogen (secondary N) is 2. The number of halogens is 3. The van der Waals surface area contributed by atoms with E-state index in [1.54, 1.807) is 20.8 Å². The van der Waals surface area contributed by atoms with E-state index in [0.29, 0.717) is 19.4 Å². The largest absolute Gasteiger partial charge is 0.416 e. The van der Waals surface area contributed by atoms with Crippen LogP contribution in [0.25, 0.3) is 0 Å². The Hall–Kier alpha value is -2.14. The summed E-state index contributed by atoms with van der Waals surface area (Å²) in [5, 5.41) is 2.57. The molecule has 0 radical (unpaired) electrons. The van der Waals surface area contributed by atoms with Gasteiger partial charge in [0.25, 0.3) is 0 Å². The Kier molecular flexibility index (Phi) is 8.09. The molecular formula is C20H28F3N3O4S. The standard InChI is InChI=1S/C20H28F3N3O4S/c1-13(2)18(27)12-31(29,30)25-14(3)15-5-4-10-26(11-15)19(28)24-17-8-6-16(7-9-17)20(21,22)23/h6-9,13-15,25H,4-5,10-12H2,1-3H3,(H,24,28)/t14-,15?/m1/s1. The third kappa shape index (κ3) is 7.49. The SMILES string of the molecule is CC(C)C(=O)CS(=O)(=O)N[C@H](C)C1CCCN(C(=O)Nc2ccc(C(F)(F)F)cc2)C1. The monoisotopic (exact) mass is 463 g/mol. The molecule has 31 heavy (non-hydrogen) atoms. The van der Waals surface area contributed by atoms with Crippen molar-refractivity contribution < 1.29 is 31.2 Å². The highest BCUT2D eigenvalue weighted by Gasteiger charge is 2.32. The number of Topliss-reactive ketones (excluding diaryl/α,β-unsaturated/α-hetero) is 1. The van der Waals surface area contributed by atoms with Crippen LogP contribution in [0.5, 0.6) is 0 Å². The third-order valence-electron chi connectivity index (χ3n) is 5.26. The molecule has 0 aromatic heterocycles. The van der Waals surface area contributed by atoms with Gasteiger partial charge in [-0.2, -0.15) is 13.2 Å². The fraction of sp³-hybridized carbons (Fsp3) is 0.600. The zero-order valence-electron chi connectivity index (χ0n) is 17.7. The minimum Gasteiger partial charge on any atom is -0.324 e. The van der Waals surface area contributed by atoms with Gasteiger partial charge in [-0.1, -0.05) is 13.8 Å². The van der Waals surface area contributed by atoms with Gasteiger partial charge >= 0.3 is 12.2 Å². The number of piperidine rings is 1. The summed E-state index contributed by atoms with van der Waals surface area (Å²) < 4.78 is 65.0. The van der Waals surface area contributed by atoms with Crippen LogP contribution in [-0.2, 0) is 21.0 Å². The quantitative estimate of drug-likeness (QED) is 0.647. The molecule has 7 nitrogen and oxygen atoms in total. The van der Waals surface area contributed by atoms with Crippen LogP contribution in [0.3, 0.4) is 0 Å². The summed E-state index contributed by atoms with van der Waals surface area (Å²) in [6.07, 6.45) is -3.10. The zero-order valence-corrected chi connectivity index (χ0v) is 18.5. The van der Waals surface area contributed by atoms with Crippen LogP contribution in [0, 0.1) is 11.8 Å². The van der Waals surface area contributed by atoms with E-state index >= 15 is 0 Å². The van der Waals surface area contributed by atoms with Crippen molar-refractivity contribution in [1.29, 1.82) is 0 Å². The third-order valence-corrected chi connectivity index (χ3v) is 6.65. The van der Waals surface area contributed by atoms with Gasteiger partial charge in [-0.05, 0) is 49.9 Å². The lowest BCUT2D eigenvalue weighted by Gasteiger charge is -2.35. The molecule has 1 saturated heterocycles. The summed E-state index contributed by atoms with van der Waals surface area (Å²) in [5.41, 5.74) is -0.568. The smallest absolute Gasteiger partial charge is 0.324 e. The lowest BCUT2D eigenvalue weighted by molar-refractivity contribution is -0.137. The number of ketones is 1. The molecule has 11 heteroatoms. The number of hydrogen-bond acceptors (Lipinski definition) is 4. The molecule has 2 amide bonds. The molecule has 1 aliphatic heterocycles. The number of sulfonamides is 1. The van der Waals surface area contributed by atoms with Crippen molar-refractivity contribution in [2.45, 2.75) is 45.8 Å². The Morgan fingerprint density at radius 3 is 2.32 bits per heavy atom. The number of rotatable bonds is 7. The molecule has 1 aromatic carbocycles. The Balaban J connectivity index is 1.95. The summed E-state index contributed by atoms with van der Waals surface area (Å²) in [6.45, 7) is 5.70. The molecule has 1 aromatic rings. The molecule has 2 N–H and O–H groups in total. The van der Waals surface area contributed by atoms with Crippen molar-refractivity contribution in [3.63, 3.8) is 0 Å². The molecular weight excluding hydrogens is 435 g/mol. The summed E-state index contributed by atoms with van der Waals surface area (Å²) >= 11 is 0. The molecule has 1 fully saturated rings. The first kappa shape index (κ1) is 25.1. The first-order valence-corrected chi connectivity index (χ1v) is 11.7. The number of amides is 2. The summed E-state index contributed by atoms with van der Waals surface area (Å²) in [4.78, 5) is 25.8. The van der Waals surface area contributed by atoms with E-state index in [4.69, 9.17) is 0 Å². The van der Waals surface area contributed by atoms with E-state index < -0.39 is 39.6 Å². The molecule has 2 atom stereocenters. The number of benzene rings is 1. The van der Waals surface area contributed by atoms with Crippen molar-refractivity contribution in [2.24, 2.45) is 11.8 Å². The lowest BCUT2D eigenvalue weighted by Crippen LogP contribution is -2.49. The highest BCUT2D eigenvalue weighted by molar-refractivity contribution is 7.90. The van der Waals surface area contributed by atoms with Gasteiger partial charge in [0, 0.05) is 30.7 Å². The Bertz CT molecular complexity index is 886. The Morgan fingerprint density at radius 2 is 1.77 bits per heavy atom. The molecule has 0 spiro atoms. The summed E-state index contributed by atoms with van der Waals surface area (Å²) in [5.74, 6) is -1.50. The average molecular weight is 464 g/mol. The molecule has 174 valence electrons. The number of urea groups is 1. The predicted molar refractivity (Wildman–Crippen MR) is 111 cm³/mol. The molecule has 1 heterocycles. The number of anilines is 1. The second-order valence-corrected chi connectivity index (χ2v) is 9.89. The van der Waals surface area contributed by atoms with E-state index in [1.807, 2.05) is 0 Å². The number of carbonyl (C=O) groups is 2. The van der Waals surface area contributed by atoms with E-state index in [2.05, 4.69) is 10.0 Å². The van der Waals surface area contributed by atoms with Crippen LogP contribution in [0.2, 0.25) is 0 Å². The number of likely N-dealkylation sites (tertiary alicyclic amines) is 1. The number of carbonyl (C=O) groups excluding carboxylic acids is 2. The predicted octanol–water partition coefficient (Wildman–Crippen LogP) is 3.48. The topological polar surface area (TPSA) is 95.6 Å². The zero-order chi connectivity index (χ0) is 23.4. The molecule has 1 unspecified atom stereocenters. The molecule has 0 saturated carbocycles. The summed E-state index contributed by atoms with van der Waals surface area (Å²) in [6, 6.07) is 3.21. The second-order valence-electron chi connectivity index (χ2n) is 8.14. The second kappa shape index (κ2) is 9.99. The fourth-order valence-corrected chi connectivity index (χ4v) is 4.87. The number of alkyl halides is 3. The molecule has 0 bridgehead atoms. The van der Waals surface area contributed by atoms with Crippen LogP contribution in [-0.4, -0.2) is 50.0 Å². The first-order chi connectivity index (χ1) is 14.3. The fourth-order valence-electron chi connectivity index (χ4n) is 3.32. The highest BCUT2D eigenvalue weighted by atomic mass is 32.2. The van der Waals surface area contributed by atoms with Crippen molar-refractivity contribution in [3.05, 3.63) is 29.8 Å². The van der Waals surface area contributed by atoms with Gasteiger partial charge in [0.1, 0.15) is 5.75 Å². The normalized spacial score (nSPS) is 18.7. The minimum atomic E-state index is -4.45. The van der Waals surface area contributed by atoms with Gasteiger partial charge in [-0.15, -0.1) is 0 Å². The van der Waals surface area contributed by atoms with Crippen molar-refractivity contribution in [3.8, 4) is 0 Å². The van der Waals surface area contributed by atoms with E-state index in [1.165, 1.54) is 17.0 Å². The van der Waals surface area contributed by atoms with Gasteiger partial charge in [-0.3, -0.25) is 4.79 Å². The van der Waals surface area contributed by atoms with Crippen LogP contribution in [0.1, 0.15) is 39.2 Å². The Morgan fingerprint density at radius 1 is 1.16 bits per heavy atom. The first-order valence-electron chi connectivity index (χ1n) is 10.0. The number of nitrogens with zero attached hydrogens (tertiary/aromatic N) is 1. The maximum Gasteiger partial charge on any atom is 0.416 e. The van der Waals surface area contributed by atoms with Crippen LogP contribution >= 0.6 is 0 Å². The number of hydrogen-bond donors (Lipinski definition) is 2. The van der Waals surface area contributed by atoms with Gasteiger partial charge in [0.2, 0.25) is 10.0 Å². The minimum absolute atomic E-state index is 0.156. The molecule has 2 rings (SSSR count). The van der Waals surface area contributed by atoms with E-state index in [0.717, 1.165) is 12.1 Å². The van der Waals surface area contributed by atoms with Crippen LogP contribution in [0.4, 0.5) is 23.7 Å².